The molecule has 6 heteroatoms. The lowest BCUT2D eigenvalue weighted by atomic mass is 10.3. The molecule has 0 fully saturated rings. The Morgan fingerprint density at radius 1 is 1.22 bits per heavy atom. The van der Waals surface area contributed by atoms with Crippen LogP contribution in [0, 0.1) is 0 Å². The first-order valence-electron chi connectivity index (χ1n) is 5.30. The van der Waals surface area contributed by atoms with Crippen molar-refractivity contribution in [2.75, 3.05) is 24.4 Å². The molecule has 18 heavy (non-hydrogen) atoms. The zero-order valence-corrected chi connectivity index (χ0v) is 11.0. The average molecular weight is 262 g/mol. The normalized spacial score (nSPS) is 10.1. The number of hydrogen-bond donors (Lipinski definition) is 2. The van der Waals surface area contributed by atoms with Crippen LogP contribution in [0.1, 0.15) is 0 Å². The van der Waals surface area contributed by atoms with E-state index in [0.29, 0.717) is 17.4 Å². The molecule has 3 N–H and O–H groups in total. The number of aromatic nitrogens is 2. The fraction of sp³-hybridized carbons (Fsp3) is 0.167. The SMILES string of the molecule is COc1c(N)ncnc1Nc1ccc(SC)cc1. The van der Waals surface area contributed by atoms with Gasteiger partial charge in [-0.1, -0.05) is 0 Å². The lowest BCUT2D eigenvalue weighted by molar-refractivity contribution is 0.415. The van der Waals surface area contributed by atoms with Crippen LogP contribution in [-0.4, -0.2) is 23.3 Å². The second kappa shape index (κ2) is 5.59. The van der Waals surface area contributed by atoms with E-state index in [9.17, 15) is 0 Å². The monoisotopic (exact) mass is 262 g/mol. The van der Waals surface area contributed by atoms with Gasteiger partial charge in [0, 0.05) is 10.6 Å². The van der Waals surface area contributed by atoms with Crippen LogP contribution in [0.5, 0.6) is 5.75 Å². The lowest BCUT2D eigenvalue weighted by Gasteiger charge is -2.11. The Morgan fingerprint density at radius 3 is 2.56 bits per heavy atom. The first-order chi connectivity index (χ1) is 8.74. The molecule has 2 aromatic rings. The van der Waals surface area contributed by atoms with Crippen molar-refractivity contribution in [3.8, 4) is 5.75 Å². The van der Waals surface area contributed by atoms with Crippen LogP contribution in [0.25, 0.3) is 0 Å². The minimum Gasteiger partial charge on any atom is -0.490 e. The van der Waals surface area contributed by atoms with Gasteiger partial charge in [-0.15, -0.1) is 11.8 Å². The molecule has 2 rings (SSSR count). The molecule has 0 aliphatic carbocycles. The van der Waals surface area contributed by atoms with Crippen molar-refractivity contribution in [3.05, 3.63) is 30.6 Å². The van der Waals surface area contributed by atoms with Gasteiger partial charge in [0.2, 0.25) is 5.75 Å². The fourth-order valence-electron chi connectivity index (χ4n) is 1.49. The maximum atomic E-state index is 5.71. The van der Waals surface area contributed by atoms with E-state index in [-0.39, 0.29) is 0 Å². The van der Waals surface area contributed by atoms with Crippen molar-refractivity contribution >= 4 is 29.1 Å². The highest BCUT2D eigenvalue weighted by atomic mass is 32.2. The van der Waals surface area contributed by atoms with Crippen molar-refractivity contribution in [1.29, 1.82) is 0 Å². The van der Waals surface area contributed by atoms with E-state index in [2.05, 4.69) is 15.3 Å². The lowest BCUT2D eigenvalue weighted by Crippen LogP contribution is -2.02. The summed E-state index contributed by atoms with van der Waals surface area (Å²) in [5.41, 5.74) is 6.63. The zero-order chi connectivity index (χ0) is 13.0. The summed E-state index contributed by atoms with van der Waals surface area (Å²) in [5, 5.41) is 3.15. The number of thioether (sulfide) groups is 1. The van der Waals surface area contributed by atoms with Crippen LogP contribution in [-0.2, 0) is 0 Å². The number of benzene rings is 1. The summed E-state index contributed by atoms with van der Waals surface area (Å²) in [6.45, 7) is 0. The first-order valence-corrected chi connectivity index (χ1v) is 6.52. The van der Waals surface area contributed by atoms with Gasteiger partial charge < -0.3 is 15.8 Å². The predicted octanol–water partition coefficient (Wildman–Crippen LogP) is 2.53. The molecule has 0 aliphatic heterocycles. The number of nitrogens with two attached hydrogens (primary N) is 1. The highest BCUT2D eigenvalue weighted by Crippen LogP contribution is 2.29. The number of nitrogen functional groups attached to an aromatic ring is 1. The van der Waals surface area contributed by atoms with Crippen molar-refractivity contribution < 1.29 is 4.74 Å². The van der Waals surface area contributed by atoms with Gasteiger partial charge in [-0.3, -0.25) is 0 Å². The summed E-state index contributed by atoms with van der Waals surface area (Å²) in [7, 11) is 1.54. The summed E-state index contributed by atoms with van der Waals surface area (Å²) < 4.78 is 5.18. The fourth-order valence-corrected chi connectivity index (χ4v) is 1.90. The molecule has 0 aliphatic rings. The molecule has 0 radical (unpaired) electrons. The first kappa shape index (κ1) is 12.5. The van der Waals surface area contributed by atoms with Gasteiger partial charge in [0.25, 0.3) is 0 Å². The van der Waals surface area contributed by atoms with E-state index in [0.717, 1.165) is 5.69 Å². The van der Waals surface area contributed by atoms with Crippen LogP contribution < -0.4 is 15.8 Å². The zero-order valence-electron chi connectivity index (χ0n) is 10.2. The van der Waals surface area contributed by atoms with E-state index < -0.39 is 0 Å². The minimum absolute atomic E-state index is 0.315. The summed E-state index contributed by atoms with van der Waals surface area (Å²) in [4.78, 5) is 9.20. The molecule has 1 aromatic carbocycles. The van der Waals surface area contributed by atoms with Gasteiger partial charge in [-0.25, -0.2) is 9.97 Å². The standard InChI is InChI=1S/C12H14N4OS/c1-17-10-11(13)14-7-15-12(10)16-8-3-5-9(18-2)6-4-8/h3-7H,1-2H3,(H3,13,14,15,16). The predicted molar refractivity (Wildman–Crippen MR) is 74.5 cm³/mol. The Labute approximate surface area is 110 Å². The van der Waals surface area contributed by atoms with Crippen LogP contribution in [0.4, 0.5) is 17.3 Å². The van der Waals surface area contributed by atoms with Gasteiger partial charge in [0.05, 0.1) is 7.11 Å². The third kappa shape index (κ3) is 2.65. The molecule has 0 saturated heterocycles. The number of anilines is 3. The summed E-state index contributed by atoms with van der Waals surface area (Å²) in [5.74, 6) is 1.32. The summed E-state index contributed by atoms with van der Waals surface area (Å²) >= 11 is 1.70. The van der Waals surface area contributed by atoms with E-state index in [4.69, 9.17) is 10.5 Å². The van der Waals surface area contributed by atoms with E-state index >= 15 is 0 Å². The molecule has 5 nitrogen and oxygen atoms in total. The van der Waals surface area contributed by atoms with Crippen LogP contribution in [0.15, 0.2) is 35.5 Å². The smallest absolute Gasteiger partial charge is 0.204 e. The molecule has 1 aromatic heterocycles. The second-order valence-corrected chi connectivity index (χ2v) is 4.37. The Hall–Kier alpha value is -1.95. The third-order valence-electron chi connectivity index (χ3n) is 2.39. The van der Waals surface area contributed by atoms with Crippen LogP contribution in [0.3, 0.4) is 0 Å². The number of nitrogens with one attached hydrogen (secondary N) is 1. The number of hydrogen-bond acceptors (Lipinski definition) is 6. The molecule has 0 bridgehead atoms. The van der Waals surface area contributed by atoms with E-state index in [1.807, 2.05) is 30.5 Å². The Morgan fingerprint density at radius 2 is 1.94 bits per heavy atom. The number of rotatable bonds is 4. The molecule has 94 valence electrons. The van der Waals surface area contributed by atoms with E-state index in [1.165, 1.54) is 18.3 Å². The molecule has 0 saturated carbocycles. The third-order valence-corrected chi connectivity index (χ3v) is 3.13. The average Bonchev–Trinajstić information content (AvgIpc) is 2.40. The maximum absolute atomic E-state index is 5.71. The number of ether oxygens (including phenoxy) is 1. The van der Waals surface area contributed by atoms with Gasteiger partial charge >= 0.3 is 0 Å². The highest BCUT2D eigenvalue weighted by molar-refractivity contribution is 7.98. The second-order valence-electron chi connectivity index (χ2n) is 3.49. The molecular formula is C12H14N4OS. The van der Waals surface area contributed by atoms with Crippen molar-refractivity contribution in [3.63, 3.8) is 0 Å². The molecule has 0 atom stereocenters. The van der Waals surface area contributed by atoms with Crippen molar-refractivity contribution in [1.82, 2.24) is 9.97 Å². The van der Waals surface area contributed by atoms with Gasteiger partial charge in [0.15, 0.2) is 11.6 Å². The Bertz CT molecular complexity index is 530. The van der Waals surface area contributed by atoms with Crippen molar-refractivity contribution in [2.45, 2.75) is 4.90 Å². The summed E-state index contributed by atoms with van der Waals surface area (Å²) in [6.07, 6.45) is 3.44. The van der Waals surface area contributed by atoms with Gasteiger partial charge in [-0.2, -0.15) is 0 Å². The maximum Gasteiger partial charge on any atom is 0.204 e. The molecule has 0 unspecified atom stereocenters. The van der Waals surface area contributed by atoms with Crippen molar-refractivity contribution in [2.24, 2.45) is 0 Å². The largest absolute Gasteiger partial charge is 0.490 e. The van der Waals surface area contributed by atoms with Crippen LogP contribution in [0.2, 0.25) is 0 Å². The summed E-state index contributed by atoms with van der Waals surface area (Å²) in [6, 6.07) is 8.02. The van der Waals surface area contributed by atoms with Gasteiger partial charge in [-0.05, 0) is 30.5 Å². The van der Waals surface area contributed by atoms with Crippen LogP contribution >= 0.6 is 11.8 Å². The molecule has 0 amide bonds. The minimum atomic E-state index is 0.315. The van der Waals surface area contributed by atoms with Gasteiger partial charge in [0.1, 0.15) is 6.33 Å². The Balaban J connectivity index is 2.25. The number of methoxy groups -OCH3 is 1. The molecular weight excluding hydrogens is 248 g/mol. The topological polar surface area (TPSA) is 73.1 Å². The molecule has 0 spiro atoms. The number of nitrogens with zero attached hydrogens (tertiary/aromatic N) is 2. The quantitative estimate of drug-likeness (QED) is 0.825. The Kier molecular flexibility index (Phi) is 3.88. The molecule has 1 heterocycles. The van der Waals surface area contributed by atoms with E-state index in [1.54, 1.807) is 11.8 Å². The highest BCUT2D eigenvalue weighted by Gasteiger charge is 2.09.